The number of nitrogens with zero attached hydrogens (tertiary/aromatic N) is 1. The van der Waals surface area contributed by atoms with Crippen LogP contribution in [0.25, 0.3) is 0 Å². The number of nitrogens with one attached hydrogen (secondary N) is 1. The fourth-order valence-electron chi connectivity index (χ4n) is 2.56. The molecular formula is C13H13FN2OS2. The van der Waals surface area contributed by atoms with Gasteiger partial charge < -0.3 is 5.32 Å². The minimum Gasteiger partial charge on any atom is -0.351 e. The molecule has 0 spiro atoms. The summed E-state index contributed by atoms with van der Waals surface area (Å²) in [5.74, 6) is 0.544. The zero-order valence-corrected chi connectivity index (χ0v) is 12.0. The fourth-order valence-corrected chi connectivity index (χ4v) is 4.07. The summed E-state index contributed by atoms with van der Waals surface area (Å²) in [6, 6.07) is 4.59. The SMILES string of the molecule is C[C@@H]1NC(=S)N([C@H]2CCSc3c(F)cccc32)C1=O. The molecule has 1 amide bonds. The molecule has 3 nitrogen and oxygen atoms in total. The van der Waals surface area contributed by atoms with E-state index < -0.39 is 0 Å². The standard InChI is InChI=1S/C13H13FN2OS2/c1-7-12(17)16(13(18)15-7)10-5-6-19-11-8(10)3-2-4-9(11)14/h2-4,7,10H,5-6H2,1H3,(H,15,18)/t7-,10-/m0/s1. The second kappa shape index (κ2) is 4.76. The first kappa shape index (κ1) is 12.9. The normalized spacial score (nSPS) is 26.3. The first-order valence-electron chi connectivity index (χ1n) is 6.14. The van der Waals surface area contributed by atoms with E-state index in [-0.39, 0.29) is 23.8 Å². The van der Waals surface area contributed by atoms with Gasteiger partial charge in [0.25, 0.3) is 5.91 Å². The van der Waals surface area contributed by atoms with Crippen molar-refractivity contribution in [3.8, 4) is 0 Å². The van der Waals surface area contributed by atoms with Gasteiger partial charge in [-0.2, -0.15) is 0 Å². The van der Waals surface area contributed by atoms with Gasteiger partial charge in [0.15, 0.2) is 5.11 Å². The maximum absolute atomic E-state index is 13.8. The van der Waals surface area contributed by atoms with Crippen LogP contribution in [-0.2, 0) is 4.79 Å². The van der Waals surface area contributed by atoms with Gasteiger partial charge in [0.1, 0.15) is 11.9 Å². The molecule has 0 aliphatic carbocycles. The number of carbonyl (C=O) groups is 1. The zero-order chi connectivity index (χ0) is 13.6. The van der Waals surface area contributed by atoms with Gasteiger partial charge in [-0.05, 0) is 37.2 Å². The van der Waals surface area contributed by atoms with Gasteiger partial charge in [0, 0.05) is 10.6 Å². The molecule has 1 saturated heterocycles. The summed E-state index contributed by atoms with van der Waals surface area (Å²) >= 11 is 6.74. The molecule has 2 heterocycles. The molecule has 2 aliphatic heterocycles. The number of hydrogen-bond acceptors (Lipinski definition) is 3. The number of halogens is 1. The topological polar surface area (TPSA) is 32.3 Å². The Morgan fingerprint density at radius 3 is 3.00 bits per heavy atom. The third kappa shape index (κ3) is 2.03. The lowest BCUT2D eigenvalue weighted by atomic mass is 10.0. The molecule has 0 aromatic heterocycles. The van der Waals surface area contributed by atoms with E-state index in [4.69, 9.17) is 12.2 Å². The summed E-state index contributed by atoms with van der Waals surface area (Å²) in [5.41, 5.74) is 0.864. The number of hydrogen-bond donors (Lipinski definition) is 1. The molecule has 1 fully saturated rings. The van der Waals surface area contributed by atoms with E-state index in [1.165, 1.54) is 17.8 Å². The molecule has 1 N–H and O–H groups in total. The Kier molecular flexibility index (Phi) is 3.22. The van der Waals surface area contributed by atoms with Crippen molar-refractivity contribution < 1.29 is 9.18 Å². The summed E-state index contributed by atoms with van der Waals surface area (Å²) in [7, 11) is 0. The van der Waals surface area contributed by atoms with E-state index in [2.05, 4.69) is 5.32 Å². The van der Waals surface area contributed by atoms with Crippen LogP contribution >= 0.6 is 24.0 Å². The lowest BCUT2D eigenvalue weighted by Gasteiger charge is -2.32. The molecule has 0 unspecified atom stereocenters. The van der Waals surface area contributed by atoms with E-state index in [0.29, 0.717) is 10.0 Å². The highest BCUT2D eigenvalue weighted by molar-refractivity contribution is 7.99. The van der Waals surface area contributed by atoms with E-state index in [1.807, 2.05) is 6.07 Å². The first-order valence-corrected chi connectivity index (χ1v) is 7.53. The van der Waals surface area contributed by atoms with Crippen LogP contribution in [0.15, 0.2) is 23.1 Å². The third-order valence-electron chi connectivity index (χ3n) is 3.47. The molecule has 0 bridgehead atoms. The number of rotatable bonds is 1. The predicted molar refractivity (Wildman–Crippen MR) is 76.5 cm³/mol. The van der Waals surface area contributed by atoms with Crippen LogP contribution in [0.4, 0.5) is 4.39 Å². The number of benzene rings is 1. The summed E-state index contributed by atoms with van der Waals surface area (Å²) in [5, 5.41) is 3.42. The molecular weight excluding hydrogens is 283 g/mol. The molecule has 0 saturated carbocycles. The molecule has 3 rings (SSSR count). The Labute approximate surface area is 120 Å². The van der Waals surface area contributed by atoms with Crippen molar-refractivity contribution in [2.75, 3.05) is 5.75 Å². The highest BCUT2D eigenvalue weighted by Crippen LogP contribution is 2.41. The van der Waals surface area contributed by atoms with Crippen molar-refractivity contribution in [1.29, 1.82) is 0 Å². The van der Waals surface area contributed by atoms with E-state index >= 15 is 0 Å². The molecule has 100 valence electrons. The lowest BCUT2D eigenvalue weighted by Crippen LogP contribution is -2.36. The average molecular weight is 296 g/mol. The second-order valence-corrected chi connectivity index (χ2v) is 6.18. The minimum atomic E-state index is -0.293. The highest BCUT2D eigenvalue weighted by Gasteiger charge is 2.39. The second-order valence-electron chi connectivity index (χ2n) is 4.69. The molecule has 0 radical (unpaired) electrons. The van der Waals surface area contributed by atoms with Crippen molar-refractivity contribution in [2.24, 2.45) is 0 Å². The fraction of sp³-hybridized carbons (Fsp3) is 0.385. The number of thiocarbonyl (C=S) groups is 1. The summed E-state index contributed by atoms with van der Waals surface area (Å²) in [6.45, 7) is 1.79. The van der Waals surface area contributed by atoms with Crippen LogP contribution in [0.1, 0.15) is 24.9 Å². The molecule has 1 aromatic carbocycles. The molecule has 6 heteroatoms. The maximum atomic E-state index is 13.8. The Bertz CT molecular complexity index is 564. The minimum absolute atomic E-state index is 0.0305. The first-order chi connectivity index (χ1) is 9.09. The Morgan fingerprint density at radius 2 is 2.32 bits per heavy atom. The van der Waals surface area contributed by atoms with Crippen LogP contribution in [0.5, 0.6) is 0 Å². The van der Waals surface area contributed by atoms with Gasteiger partial charge in [0.2, 0.25) is 0 Å². The molecule has 2 aliphatic rings. The predicted octanol–water partition coefficient (Wildman–Crippen LogP) is 2.47. The van der Waals surface area contributed by atoms with Crippen LogP contribution in [0.3, 0.4) is 0 Å². The van der Waals surface area contributed by atoms with Gasteiger partial charge in [-0.25, -0.2) is 4.39 Å². The van der Waals surface area contributed by atoms with Crippen LogP contribution in [-0.4, -0.2) is 27.7 Å². The largest absolute Gasteiger partial charge is 0.351 e. The van der Waals surface area contributed by atoms with Crippen LogP contribution in [0, 0.1) is 5.82 Å². The lowest BCUT2D eigenvalue weighted by molar-refractivity contribution is -0.128. The van der Waals surface area contributed by atoms with Gasteiger partial charge in [-0.3, -0.25) is 9.69 Å². The number of carbonyl (C=O) groups excluding carboxylic acids is 1. The molecule has 1 aromatic rings. The Hall–Kier alpha value is -1.14. The van der Waals surface area contributed by atoms with E-state index in [9.17, 15) is 9.18 Å². The smallest absolute Gasteiger partial charge is 0.251 e. The summed E-state index contributed by atoms with van der Waals surface area (Å²) in [6.07, 6.45) is 0.793. The van der Waals surface area contributed by atoms with Crippen molar-refractivity contribution in [1.82, 2.24) is 10.2 Å². The van der Waals surface area contributed by atoms with Crippen molar-refractivity contribution in [2.45, 2.75) is 30.3 Å². The van der Waals surface area contributed by atoms with Gasteiger partial charge >= 0.3 is 0 Å². The van der Waals surface area contributed by atoms with Crippen molar-refractivity contribution in [3.05, 3.63) is 29.6 Å². The van der Waals surface area contributed by atoms with Gasteiger partial charge in [-0.1, -0.05) is 12.1 Å². The number of amides is 1. The quantitative estimate of drug-likeness (QED) is 0.807. The Morgan fingerprint density at radius 1 is 1.53 bits per heavy atom. The maximum Gasteiger partial charge on any atom is 0.251 e. The van der Waals surface area contributed by atoms with Gasteiger partial charge in [-0.15, -0.1) is 11.8 Å². The monoisotopic (exact) mass is 296 g/mol. The zero-order valence-electron chi connectivity index (χ0n) is 10.4. The van der Waals surface area contributed by atoms with Crippen LogP contribution < -0.4 is 5.32 Å². The molecule has 2 atom stereocenters. The highest BCUT2D eigenvalue weighted by atomic mass is 32.2. The average Bonchev–Trinajstić information content (AvgIpc) is 2.64. The van der Waals surface area contributed by atoms with Crippen molar-refractivity contribution in [3.63, 3.8) is 0 Å². The van der Waals surface area contributed by atoms with E-state index in [0.717, 1.165) is 17.7 Å². The van der Waals surface area contributed by atoms with Crippen LogP contribution in [0.2, 0.25) is 0 Å². The van der Waals surface area contributed by atoms with Crippen molar-refractivity contribution >= 4 is 35.0 Å². The Balaban J connectivity index is 2.03. The summed E-state index contributed by atoms with van der Waals surface area (Å²) < 4.78 is 13.8. The number of thioether (sulfide) groups is 1. The molecule has 19 heavy (non-hydrogen) atoms. The van der Waals surface area contributed by atoms with Gasteiger partial charge in [0.05, 0.1) is 6.04 Å². The third-order valence-corrected chi connectivity index (χ3v) is 4.95. The number of fused-ring (bicyclic) bond motifs is 1. The summed E-state index contributed by atoms with van der Waals surface area (Å²) in [4.78, 5) is 14.4. The van der Waals surface area contributed by atoms with E-state index in [1.54, 1.807) is 17.9 Å².